The molecule has 0 bridgehead atoms. The highest BCUT2D eigenvalue weighted by Crippen LogP contribution is 2.31. The fourth-order valence-electron chi connectivity index (χ4n) is 2.83. The zero-order chi connectivity index (χ0) is 17.6. The van der Waals surface area contributed by atoms with Gasteiger partial charge in [-0.3, -0.25) is 0 Å². The van der Waals surface area contributed by atoms with Crippen LogP contribution in [0.15, 0.2) is 53.5 Å². The van der Waals surface area contributed by atoms with Crippen LogP contribution in [0, 0.1) is 6.92 Å². The Bertz CT molecular complexity index is 728. The van der Waals surface area contributed by atoms with Crippen LogP contribution >= 0.6 is 0 Å². The molecule has 0 amide bonds. The molecule has 3 N–H and O–H groups in total. The number of nitrogens with two attached hydrogens (primary N) is 1. The third kappa shape index (κ3) is 4.66. The van der Waals surface area contributed by atoms with E-state index in [0.29, 0.717) is 19.1 Å². The van der Waals surface area contributed by atoms with Gasteiger partial charge in [0.1, 0.15) is 17.6 Å². The summed E-state index contributed by atoms with van der Waals surface area (Å²) in [7, 11) is 0. The van der Waals surface area contributed by atoms with Crippen molar-refractivity contribution < 1.29 is 9.47 Å². The highest BCUT2D eigenvalue weighted by atomic mass is 16.5. The van der Waals surface area contributed by atoms with E-state index in [4.69, 9.17) is 15.2 Å². The number of rotatable bonds is 5. The van der Waals surface area contributed by atoms with Crippen LogP contribution in [-0.2, 0) is 0 Å². The minimum Gasteiger partial charge on any atom is -0.493 e. The maximum atomic E-state index is 6.07. The number of guanidine groups is 1. The van der Waals surface area contributed by atoms with Crippen molar-refractivity contribution in [2.45, 2.75) is 32.4 Å². The van der Waals surface area contributed by atoms with Gasteiger partial charge in [-0.1, -0.05) is 35.9 Å². The first kappa shape index (κ1) is 17.1. The molecule has 1 aliphatic heterocycles. The van der Waals surface area contributed by atoms with E-state index in [-0.39, 0.29) is 12.1 Å². The van der Waals surface area contributed by atoms with Gasteiger partial charge in [0.25, 0.3) is 0 Å². The van der Waals surface area contributed by atoms with Crippen molar-refractivity contribution in [2.24, 2.45) is 10.7 Å². The maximum Gasteiger partial charge on any atom is 0.189 e. The van der Waals surface area contributed by atoms with Gasteiger partial charge in [0.05, 0.1) is 19.2 Å². The number of aryl methyl sites for hydroxylation is 1. The molecule has 1 heterocycles. The quantitative estimate of drug-likeness (QED) is 0.648. The normalized spacial score (nSPS) is 18.0. The Kier molecular flexibility index (Phi) is 5.43. The molecule has 0 saturated heterocycles. The maximum absolute atomic E-state index is 6.07. The second kappa shape index (κ2) is 7.92. The van der Waals surface area contributed by atoms with E-state index in [9.17, 15) is 0 Å². The van der Waals surface area contributed by atoms with Gasteiger partial charge in [0.2, 0.25) is 0 Å². The number of nitrogens with one attached hydrogen (secondary N) is 1. The van der Waals surface area contributed by atoms with Gasteiger partial charge in [-0.2, -0.15) is 0 Å². The highest BCUT2D eigenvalue weighted by Gasteiger charge is 2.21. The molecule has 132 valence electrons. The SMILES string of the molecule is Cc1ccc(OC(C)CN=C(N)NC2CCOc3ccccc32)cc1. The van der Waals surface area contributed by atoms with Crippen molar-refractivity contribution in [1.29, 1.82) is 0 Å². The zero-order valence-electron chi connectivity index (χ0n) is 14.7. The van der Waals surface area contributed by atoms with Crippen LogP contribution in [0.1, 0.15) is 30.5 Å². The van der Waals surface area contributed by atoms with Crippen molar-refractivity contribution in [3.63, 3.8) is 0 Å². The van der Waals surface area contributed by atoms with Crippen LogP contribution in [-0.4, -0.2) is 25.2 Å². The topological polar surface area (TPSA) is 68.9 Å². The summed E-state index contributed by atoms with van der Waals surface area (Å²) in [5, 5.41) is 3.29. The fraction of sp³-hybridized carbons (Fsp3) is 0.350. The van der Waals surface area contributed by atoms with Crippen molar-refractivity contribution in [3.8, 4) is 11.5 Å². The molecule has 2 aromatic carbocycles. The first-order chi connectivity index (χ1) is 12.1. The molecule has 5 nitrogen and oxygen atoms in total. The van der Waals surface area contributed by atoms with Crippen molar-refractivity contribution in [1.82, 2.24) is 5.32 Å². The Hall–Kier alpha value is -2.69. The molecule has 2 aromatic rings. The summed E-state index contributed by atoms with van der Waals surface area (Å²) in [4.78, 5) is 4.42. The van der Waals surface area contributed by atoms with E-state index in [2.05, 4.69) is 23.3 Å². The van der Waals surface area contributed by atoms with Crippen LogP contribution < -0.4 is 20.5 Å². The molecule has 3 rings (SSSR count). The molecule has 5 heteroatoms. The number of hydrogen-bond donors (Lipinski definition) is 2. The number of hydrogen-bond acceptors (Lipinski definition) is 3. The van der Waals surface area contributed by atoms with Gasteiger partial charge in [0.15, 0.2) is 5.96 Å². The fourth-order valence-corrected chi connectivity index (χ4v) is 2.83. The van der Waals surface area contributed by atoms with Crippen molar-refractivity contribution >= 4 is 5.96 Å². The Labute approximate surface area is 148 Å². The van der Waals surface area contributed by atoms with E-state index >= 15 is 0 Å². The van der Waals surface area contributed by atoms with E-state index < -0.39 is 0 Å². The molecule has 1 aliphatic rings. The molecule has 2 atom stereocenters. The van der Waals surface area contributed by atoms with Gasteiger partial charge in [-0.25, -0.2) is 4.99 Å². The predicted octanol–water partition coefficient (Wildman–Crippen LogP) is 3.19. The lowest BCUT2D eigenvalue weighted by molar-refractivity contribution is 0.230. The summed E-state index contributed by atoms with van der Waals surface area (Å²) in [5.74, 6) is 2.19. The van der Waals surface area contributed by atoms with Crippen LogP contribution in [0.3, 0.4) is 0 Å². The Balaban J connectivity index is 1.54. The summed E-state index contributed by atoms with van der Waals surface area (Å²) in [6, 6.07) is 16.1. The molecule has 0 aromatic heterocycles. The van der Waals surface area contributed by atoms with Crippen LogP contribution in [0.4, 0.5) is 0 Å². The predicted molar refractivity (Wildman–Crippen MR) is 100 cm³/mol. The third-order valence-electron chi connectivity index (χ3n) is 4.16. The van der Waals surface area contributed by atoms with Gasteiger partial charge < -0.3 is 20.5 Å². The van der Waals surface area contributed by atoms with Crippen LogP contribution in [0.25, 0.3) is 0 Å². The molecular weight excluding hydrogens is 314 g/mol. The first-order valence-electron chi connectivity index (χ1n) is 8.63. The molecule has 25 heavy (non-hydrogen) atoms. The van der Waals surface area contributed by atoms with Gasteiger partial charge in [-0.15, -0.1) is 0 Å². The van der Waals surface area contributed by atoms with Gasteiger partial charge >= 0.3 is 0 Å². The number of para-hydroxylation sites is 1. The lowest BCUT2D eigenvalue weighted by atomic mass is 10.0. The van der Waals surface area contributed by atoms with Gasteiger partial charge in [-0.05, 0) is 32.0 Å². The summed E-state index contributed by atoms with van der Waals surface area (Å²) in [5.41, 5.74) is 8.40. The largest absolute Gasteiger partial charge is 0.493 e. The number of aliphatic imine (C=N–C) groups is 1. The first-order valence-corrected chi connectivity index (χ1v) is 8.63. The Morgan fingerprint density at radius 2 is 2.04 bits per heavy atom. The number of ether oxygens (including phenoxy) is 2. The number of benzene rings is 2. The number of fused-ring (bicyclic) bond motifs is 1. The van der Waals surface area contributed by atoms with Crippen molar-refractivity contribution in [3.05, 3.63) is 59.7 Å². The zero-order valence-corrected chi connectivity index (χ0v) is 14.7. The van der Waals surface area contributed by atoms with Crippen LogP contribution in [0.5, 0.6) is 11.5 Å². The van der Waals surface area contributed by atoms with Crippen LogP contribution in [0.2, 0.25) is 0 Å². The van der Waals surface area contributed by atoms with E-state index in [0.717, 1.165) is 23.5 Å². The average molecular weight is 339 g/mol. The monoisotopic (exact) mass is 339 g/mol. The number of nitrogens with zero attached hydrogens (tertiary/aromatic N) is 1. The van der Waals surface area contributed by atoms with Crippen molar-refractivity contribution in [2.75, 3.05) is 13.2 Å². The standard InChI is InChI=1S/C20H25N3O2/c1-14-7-9-16(10-8-14)25-15(2)13-22-20(21)23-18-11-12-24-19-6-4-3-5-17(18)19/h3-10,15,18H,11-13H2,1-2H3,(H3,21,22,23). The average Bonchev–Trinajstić information content (AvgIpc) is 2.62. The lowest BCUT2D eigenvalue weighted by Gasteiger charge is -2.27. The second-order valence-corrected chi connectivity index (χ2v) is 6.34. The second-order valence-electron chi connectivity index (χ2n) is 6.34. The van der Waals surface area contributed by atoms with E-state index in [1.165, 1.54) is 5.56 Å². The Morgan fingerprint density at radius 1 is 1.28 bits per heavy atom. The summed E-state index contributed by atoms with van der Waals surface area (Å²) in [6.07, 6.45) is 0.813. The Morgan fingerprint density at radius 3 is 2.84 bits per heavy atom. The molecule has 0 radical (unpaired) electrons. The lowest BCUT2D eigenvalue weighted by Crippen LogP contribution is -2.38. The molecule has 2 unspecified atom stereocenters. The minimum atomic E-state index is -0.0509. The molecule has 0 fully saturated rings. The van der Waals surface area contributed by atoms with E-state index in [1.807, 2.05) is 49.4 Å². The molecule has 0 spiro atoms. The molecular formula is C20H25N3O2. The smallest absolute Gasteiger partial charge is 0.189 e. The summed E-state index contributed by atoms with van der Waals surface area (Å²) < 4.78 is 11.5. The molecule has 0 aliphatic carbocycles. The van der Waals surface area contributed by atoms with Gasteiger partial charge in [0, 0.05) is 12.0 Å². The highest BCUT2D eigenvalue weighted by molar-refractivity contribution is 5.78. The third-order valence-corrected chi connectivity index (χ3v) is 4.16. The minimum absolute atomic E-state index is 0.0509. The summed E-state index contributed by atoms with van der Waals surface area (Å²) in [6.45, 7) is 5.21. The van der Waals surface area contributed by atoms with E-state index in [1.54, 1.807) is 0 Å². The summed E-state index contributed by atoms with van der Waals surface area (Å²) >= 11 is 0. The molecule has 0 saturated carbocycles.